The summed E-state index contributed by atoms with van der Waals surface area (Å²) in [5.74, 6) is 0.648. The van der Waals surface area contributed by atoms with Gasteiger partial charge >= 0.3 is 0 Å². The van der Waals surface area contributed by atoms with Crippen LogP contribution in [0.1, 0.15) is 41.0 Å². The van der Waals surface area contributed by atoms with Crippen LogP contribution in [0.2, 0.25) is 0 Å². The zero-order chi connectivity index (χ0) is 10.4. The van der Waals surface area contributed by atoms with Crippen molar-refractivity contribution in [3.8, 4) is 0 Å². The molecule has 0 aromatic carbocycles. The van der Waals surface area contributed by atoms with Crippen molar-refractivity contribution in [1.29, 1.82) is 0 Å². The van der Waals surface area contributed by atoms with Crippen LogP contribution in [-0.4, -0.2) is 5.78 Å². The smallest absolute Gasteiger partial charge is 0.181 e. The fraction of sp³-hybridized carbons (Fsp3) is 0.583. The summed E-state index contributed by atoms with van der Waals surface area (Å²) in [6.07, 6.45) is 4.50. The van der Waals surface area contributed by atoms with Crippen LogP contribution in [0.4, 0.5) is 0 Å². The Labute approximate surface area is 81.5 Å². The van der Waals surface area contributed by atoms with Crippen LogP contribution < -0.4 is 0 Å². The summed E-state index contributed by atoms with van der Waals surface area (Å²) in [4.78, 5) is 11.5. The summed E-state index contributed by atoms with van der Waals surface area (Å²) in [6, 6.07) is 0. The van der Waals surface area contributed by atoms with Crippen LogP contribution in [0.25, 0.3) is 0 Å². The van der Waals surface area contributed by atoms with Gasteiger partial charge < -0.3 is 0 Å². The van der Waals surface area contributed by atoms with E-state index in [-0.39, 0.29) is 5.78 Å². The van der Waals surface area contributed by atoms with E-state index in [1.165, 1.54) is 5.57 Å². The van der Waals surface area contributed by atoms with E-state index >= 15 is 0 Å². The Kier molecular flexibility index (Phi) is 5.36. The van der Waals surface area contributed by atoms with Crippen molar-refractivity contribution in [2.75, 3.05) is 0 Å². The molecule has 0 saturated heterocycles. The van der Waals surface area contributed by atoms with Crippen molar-refractivity contribution in [1.82, 2.24) is 0 Å². The highest BCUT2D eigenvalue weighted by Gasteiger charge is 2.08. The highest BCUT2D eigenvalue weighted by molar-refractivity contribution is 6.03. The third-order valence-corrected chi connectivity index (χ3v) is 2.63. The Morgan fingerprint density at radius 1 is 1.38 bits per heavy atom. The van der Waals surface area contributed by atoms with E-state index in [1.807, 2.05) is 20.8 Å². The van der Waals surface area contributed by atoms with Crippen LogP contribution in [0.15, 0.2) is 23.3 Å². The van der Waals surface area contributed by atoms with Crippen molar-refractivity contribution in [3.05, 3.63) is 23.3 Å². The molecule has 0 N–H and O–H groups in total. The molecule has 74 valence electrons. The molecular formula is C12H20O. The zero-order valence-corrected chi connectivity index (χ0v) is 9.35. The Bertz CT molecular complexity index is 234. The average Bonchev–Trinajstić information content (AvgIpc) is 2.14. The van der Waals surface area contributed by atoms with Crippen molar-refractivity contribution in [2.45, 2.75) is 41.0 Å². The van der Waals surface area contributed by atoms with Crippen LogP contribution in [-0.2, 0) is 4.79 Å². The summed E-state index contributed by atoms with van der Waals surface area (Å²) in [7, 11) is 0. The van der Waals surface area contributed by atoms with Crippen LogP contribution in [0, 0.1) is 5.92 Å². The van der Waals surface area contributed by atoms with Gasteiger partial charge in [-0.05, 0) is 44.8 Å². The summed E-state index contributed by atoms with van der Waals surface area (Å²) >= 11 is 0. The molecule has 1 nitrogen and oxygen atoms in total. The maximum atomic E-state index is 11.5. The molecule has 0 saturated carbocycles. The first-order chi connectivity index (χ1) is 6.04. The van der Waals surface area contributed by atoms with Gasteiger partial charge in [-0.1, -0.05) is 25.5 Å². The lowest BCUT2D eigenvalue weighted by atomic mass is 9.94. The fourth-order valence-electron chi connectivity index (χ4n) is 1.15. The molecule has 0 radical (unpaired) electrons. The number of carbonyl (C=O) groups is 1. The van der Waals surface area contributed by atoms with Crippen LogP contribution >= 0.6 is 0 Å². The minimum absolute atomic E-state index is 0.139. The second-order valence-corrected chi connectivity index (χ2v) is 3.48. The normalized spacial score (nSPS) is 15.8. The van der Waals surface area contributed by atoms with Gasteiger partial charge in [-0.25, -0.2) is 0 Å². The average molecular weight is 180 g/mol. The third-order valence-electron chi connectivity index (χ3n) is 2.63. The SMILES string of the molecule is C/C=C/C(=O)/C(C)=C(\C)C(C)CC. The van der Waals surface area contributed by atoms with E-state index in [1.54, 1.807) is 12.2 Å². The van der Waals surface area contributed by atoms with E-state index in [2.05, 4.69) is 13.8 Å². The van der Waals surface area contributed by atoms with Gasteiger partial charge in [-0.3, -0.25) is 4.79 Å². The van der Waals surface area contributed by atoms with E-state index in [9.17, 15) is 4.79 Å². The van der Waals surface area contributed by atoms with E-state index in [0.29, 0.717) is 5.92 Å². The van der Waals surface area contributed by atoms with Gasteiger partial charge in [-0.15, -0.1) is 0 Å². The lowest BCUT2D eigenvalue weighted by Crippen LogP contribution is -2.03. The van der Waals surface area contributed by atoms with Crippen molar-refractivity contribution in [3.63, 3.8) is 0 Å². The number of rotatable bonds is 4. The van der Waals surface area contributed by atoms with E-state index in [0.717, 1.165) is 12.0 Å². The van der Waals surface area contributed by atoms with Gasteiger partial charge in [0, 0.05) is 0 Å². The summed E-state index contributed by atoms with van der Waals surface area (Å²) in [5, 5.41) is 0. The first kappa shape index (κ1) is 12.2. The molecule has 0 spiro atoms. The molecule has 0 aliphatic heterocycles. The van der Waals surface area contributed by atoms with Gasteiger partial charge in [0.05, 0.1) is 0 Å². The molecule has 0 fully saturated rings. The predicted molar refractivity (Wildman–Crippen MR) is 57.7 cm³/mol. The van der Waals surface area contributed by atoms with E-state index in [4.69, 9.17) is 0 Å². The lowest BCUT2D eigenvalue weighted by molar-refractivity contribution is -0.111. The molecule has 0 aromatic rings. The largest absolute Gasteiger partial charge is 0.290 e. The second kappa shape index (κ2) is 5.74. The van der Waals surface area contributed by atoms with Gasteiger partial charge in [0.25, 0.3) is 0 Å². The molecule has 0 heterocycles. The van der Waals surface area contributed by atoms with E-state index < -0.39 is 0 Å². The minimum atomic E-state index is 0.139. The zero-order valence-electron chi connectivity index (χ0n) is 9.35. The molecule has 13 heavy (non-hydrogen) atoms. The summed E-state index contributed by atoms with van der Waals surface area (Å²) in [6.45, 7) is 10.1. The maximum Gasteiger partial charge on any atom is 0.181 e. The Morgan fingerprint density at radius 2 is 1.92 bits per heavy atom. The number of ketones is 1. The lowest BCUT2D eigenvalue weighted by Gasteiger charge is -2.11. The molecule has 0 aliphatic carbocycles. The predicted octanol–water partition coefficient (Wildman–Crippen LogP) is 3.51. The molecule has 0 aliphatic rings. The molecule has 1 atom stereocenters. The van der Waals surface area contributed by atoms with Gasteiger partial charge in [0.2, 0.25) is 0 Å². The number of hydrogen-bond acceptors (Lipinski definition) is 1. The van der Waals surface area contributed by atoms with Gasteiger partial charge in [0.15, 0.2) is 5.78 Å². The minimum Gasteiger partial charge on any atom is -0.290 e. The standard InChI is InChI=1S/C12H20O/c1-6-8-12(13)11(5)10(4)9(3)7-2/h6,8-9H,7H2,1-5H3/b8-6+,11-10+. The summed E-state index contributed by atoms with van der Waals surface area (Å²) < 4.78 is 0. The monoisotopic (exact) mass is 180 g/mol. The van der Waals surface area contributed by atoms with Gasteiger partial charge in [0.1, 0.15) is 0 Å². The Hall–Kier alpha value is -0.850. The number of hydrogen-bond donors (Lipinski definition) is 0. The van der Waals surface area contributed by atoms with Crippen molar-refractivity contribution in [2.24, 2.45) is 5.92 Å². The molecule has 0 aromatic heterocycles. The highest BCUT2D eigenvalue weighted by atomic mass is 16.1. The first-order valence-electron chi connectivity index (χ1n) is 4.88. The molecule has 0 amide bonds. The van der Waals surface area contributed by atoms with Crippen LogP contribution in [0.3, 0.4) is 0 Å². The fourth-order valence-corrected chi connectivity index (χ4v) is 1.15. The Morgan fingerprint density at radius 3 is 2.31 bits per heavy atom. The summed E-state index contributed by atoms with van der Waals surface area (Å²) in [5.41, 5.74) is 2.11. The van der Waals surface area contributed by atoms with Crippen molar-refractivity contribution < 1.29 is 4.79 Å². The van der Waals surface area contributed by atoms with Crippen molar-refractivity contribution >= 4 is 5.78 Å². The molecule has 1 heteroatoms. The maximum absolute atomic E-state index is 11.5. The molecule has 1 unspecified atom stereocenters. The molecule has 0 rings (SSSR count). The number of carbonyl (C=O) groups excluding carboxylic acids is 1. The topological polar surface area (TPSA) is 17.1 Å². The second-order valence-electron chi connectivity index (χ2n) is 3.48. The van der Waals surface area contributed by atoms with Gasteiger partial charge in [-0.2, -0.15) is 0 Å². The third kappa shape index (κ3) is 3.58. The number of allylic oxidation sites excluding steroid dienone is 4. The highest BCUT2D eigenvalue weighted by Crippen LogP contribution is 2.18. The molecule has 0 bridgehead atoms. The Balaban J connectivity index is 4.70. The first-order valence-corrected chi connectivity index (χ1v) is 4.88. The quantitative estimate of drug-likeness (QED) is 0.605. The molecular weight excluding hydrogens is 160 g/mol. The van der Waals surface area contributed by atoms with Crippen LogP contribution in [0.5, 0.6) is 0 Å².